The fraction of sp³-hybridized carbons (Fsp3) is 0.263. The van der Waals surface area contributed by atoms with E-state index in [2.05, 4.69) is 5.32 Å². The van der Waals surface area contributed by atoms with Gasteiger partial charge in [-0.2, -0.15) is 0 Å². The lowest BCUT2D eigenvalue weighted by molar-refractivity contribution is -0.128. The van der Waals surface area contributed by atoms with Crippen LogP contribution in [-0.4, -0.2) is 29.8 Å². The Morgan fingerprint density at radius 1 is 1.24 bits per heavy atom. The first-order chi connectivity index (χ1) is 12.0. The molecule has 1 saturated heterocycles. The average Bonchev–Trinajstić information content (AvgIpc) is 2.94. The molecule has 4 nitrogen and oxygen atoms in total. The maximum absolute atomic E-state index is 13.2. The van der Waals surface area contributed by atoms with Gasteiger partial charge in [0, 0.05) is 30.2 Å². The van der Waals surface area contributed by atoms with Crippen molar-refractivity contribution in [3.05, 3.63) is 64.9 Å². The number of nitrogens with one attached hydrogen (secondary N) is 1. The van der Waals surface area contributed by atoms with E-state index in [-0.39, 0.29) is 18.2 Å². The third-order valence-corrected chi connectivity index (χ3v) is 4.47. The fourth-order valence-corrected chi connectivity index (χ4v) is 3.14. The van der Waals surface area contributed by atoms with Crippen LogP contribution >= 0.6 is 11.6 Å². The second-order valence-electron chi connectivity index (χ2n) is 6.12. The fourth-order valence-electron chi connectivity index (χ4n) is 2.93. The van der Waals surface area contributed by atoms with Crippen LogP contribution in [0.5, 0.6) is 0 Å². The molecule has 0 aromatic heterocycles. The summed E-state index contributed by atoms with van der Waals surface area (Å²) in [5, 5.41) is 3.34. The molecule has 25 heavy (non-hydrogen) atoms. The van der Waals surface area contributed by atoms with Gasteiger partial charge >= 0.3 is 0 Å². The van der Waals surface area contributed by atoms with Crippen molar-refractivity contribution in [3.63, 3.8) is 0 Å². The molecule has 0 spiro atoms. The van der Waals surface area contributed by atoms with Gasteiger partial charge in [-0.15, -0.1) is 0 Å². The summed E-state index contributed by atoms with van der Waals surface area (Å²) >= 11 is 5.96. The molecule has 1 unspecified atom stereocenters. The Kier molecular flexibility index (Phi) is 5.34. The number of benzene rings is 2. The lowest BCUT2D eigenvalue weighted by Gasteiger charge is -2.16. The Balaban J connectivity index is 1.55. The molecule has 2 aromatic rings. The quantitative estimate of drug-likeness (QED) is 0.887. The predicted molar refractivity (Wildman–Crippen MR) is 94.9 cm³/mol. The number of hydrogen-bond acceptors (Lipinski definition) is 2. The van der Waals surface area contributed by atoms with Crippen molar-refractivity contribution in [2.24, 2.45) is 5.92 Å². The molecule has 0 saturated carbocycles. The molecule has 0 aliphatic carbocycles. The second kappa shape index (κ2) is 7.66. The van der Waals surface area contributed by atoms with Crippen molar-refractivity contribution in [1.82, 2.24) is 4.90 Å². The molecular weight excluding hydrogens is 343 g/mol. The third kappa shape index (κ3) is 4.57. The van der Waals surface area contributed by atoms with Crippen LogP contribution in [0.4, 0.5) is 10.1 Å². The largest absolute Gasteiger partial charge is 0.342 e. The molecule has 130 valence electrons. The number of nitrogens with zero attached hydrogens (tertiary/aromatic N) is 1. The summed E-state index contributed by atoms with van der Waals surface area (Å²) in [5.41, 5.74) is 1.45. The van der Waals surface area contributed by atoms with Crippen LogP contribution in [0, 0.1) is 11.7 Å². The van der Waals surface area contributed by atoms with Gasteiger partial charge in [-0.3, -0.25) is 9.59 Å². The highest BCUT2D eigenvalue weighted by atomic mass is 35.5. The summed E-state index contributed by atoms with van der Waals surface area (Å²) in [7, 11) is 0. The highest BCUT2D eigenvalue weighted by molar-refractivity contribution is 6.30. The van der Waals surface area contributed by atoms with Crippen molar-refractivity contribution in [1.29, 1.82) is 0 Å². The van der Waals surface area contributed by atoms with Gasteiger partial charge in [-0.05, 0) is 42.3 Å². The van der Waals surface area contributed by atoms with Crippen molar-refractivity contribution >= 4 is 29.1 Å². The number of halogens is 2. The first kappa shape index (κ1) is 17.4. The zero-order valence-electron chi connectivity index (χ0n) is 13.5. The van der Waals surface area contributed by atoms with Gasteiger partial charge in [0.1, 0.15) is 5.82 Å². The normalized spacial score (nSPS) is 17.0. The Morgan fingerprint density at radius 3 is 2.80 bits per heavy atom. The molecule has 6 heteroatoms. The molecule has 1 aliphatic heterocycles. The van der Waals surface area contributed by atoms with E-state index in [9.17, 15) is 14.0 Å². The predicted octanol–water partition coefficient (Wildman–Crippen LogP) is 3.51. The van der Waals surface area contributed by atoms with Gasteiger partial charge < -0.3 is 10.2 Å². The number of amides is 2. The van der Waals surface area contributed by atoms with Crippen LogP contribution in [-0.2, 0) is 16.0 Å². The molecule has 2 aromatic carbocycles. The Morgan fingerprint density at radius 2 is 2.04 bits per heavy atom. The zero-order valence-corrected chi connectivity index (χ0v) is 14.3. The van der Waals surface area contributed by atoms with Crippen LogP contribution in [0.25, 0.3) is 0 Å². The summed E-state index contributed by atoms with van der Waals surface area (Å²) in [5.74, 6) is -1.13. The minimum absolute atomic E-state index is 0.0404. The first-order valence-corrected chi connectivity index (χ1v) is 8.48. The van der Waals surface area contributed by atoms with Gasteiger partial charge in [0.05, 0.1) is 5.92 Å². The van der Waals surface area contributed by atoms with Crippen molar-refractivity contribution in [2.75, 3.05) is 18.4 Å². The second-order valence-corrected chi connectivity index (χ2v) is 6.56. The van der Waals surface area contributed by atoms with Gasteiger partial charge in [0.2, 0.25) is 11.8 Å². The summed E-state index contributed by atoms with van der Waals surface area (Å²) in [6, 6.07) is 13.2. The van der Waals surface area contributed by atoms with Crippen molar-refractivity contribution in [3.8, 4) is 0 Å². The molecule has 0 radical (unpaired) electrons. The van der Waals surface area contributed by atoms with Gasteiger partial charge in [0.25, 0.3) is 0 Å². The molecular formula is C19H18ClFN2O2. The molecule has 1 aliphatic rings. The van der Waals surface area contributed by atoms with E-state index < -0.39 is 11.7 Å². The lowest BCUT2D eigenvalue weighted by Crippen LogP contribution is -2.30. The van der Waals surface area contributed by atoms with E-state index in [4.69, 9.17) is 11.6 Å². The number of carbonyl (C=O) groups excluding carboxylic acids is 2. The van der Waals surface area contributed by atoms with Gasteiger partial charge in [-0.25, -0.2) is 4.39 Å². The summed E-state index contributed by atoms with van der Waals surface area (Å²) < 4.78 is 13.2. The maximum atomic E-state index is 13.2. The topological polar surface area (TPSA) is 49.4 Å². The van der Waals surface area contributed by atoms with E-state index in [1.54, 1.807) is 17.0 Å². The van der Waals surface area contributed by atoms with Gasteiger partial charge in [-0.1, -0.05) is 29.8 Å². The first-order valence-electron chi connectivity index (χ1n) is 8.10. The smallest absolute Gasteiger partial charge is 0.229 e. The number of hydrogen-bond donors (Lipinski definition) is 1. The highest BCUT2D eigenvalue weighted by Crippen LogP contribution is 2.21. The number of carbonyl (C=O) groups is 2. The highest BCUT2D eigenvalue weighted by Gasteiger charge is 2.34. The van der Waals surface area contributed by atoms with Crippen LogP contribution in [0.15, 0.2) is 48.5 Å². The standard InChI is InChI=1S/C19H18ClFN2O2/c20-15-4-1-3-13(9-15)7-8-23-12-14(10-18(23)24)19(25)22-17-6-2-5-16(21)11-17/h1-6,9,11,14H,7-8,10,12H2,(H,22,25). The van der Waals surface area contributed by atoms with E-state index in [1.165, 1.54) is 18.2 Å². The van der Waals surface area contributed by atoms with E-state index in [0.717, 1.165) is 5.56 Å². The molecule has 0 bridgehead atoms. The summed E-state index contributed by atoms with van der Waals surface area (Å²) in [6.45, 7) is 0.920. The maximum Gasteiger partial charge on any atom is 0.229 e. The molecule has 2 amide bonds. The molecule has 3 rings (SSSR count). The Hall–Kier alpha value is -2.40. The van der Waals surface area contributed by atoms with Crippen molar-refractivity contribution in [2.45, 2.75) is 12.8 Å². The Bertz CT molecular complexity index is 796. The molecule has 1 N–H and O–H groups in total. The van der Waals surface area contributed by atoms with E-state index in [0.29, 0.717) is 30.2 Å². The summed E-state index contributed by atoms with van der Waals surface area (Å²) in [6.07, 6.45) is 0.862. The zero-order chi connectivity index (χ0) is 17.8. The lowest BCUT2D eigenvalue weighted by atomic mass is 10.1. The van der Waals surface area contributed by atoms with E-state index in [1.807, 2.05) is 18.2 Å². The van der Waals surface area contributed by atoms with Crippen LogP contribution < -0.4 is 5.32 Å². The van der Waals surface area contributed by atoms with E-state index >= 15 is 0 Å². The third-order valence-electron chi connectivity index (χ3n) is 4.24. The van der Waals surface area contributed by atoms with Crippen LogP contribution in [0.3, 0.4) is 0 Å². The number of rotatable bonds is 5. The number of anilines is 1. The minimum Gasteiger partial charge on any atom is -0.342 e. The Labute approximate surface area is 150 Å². The molecule has 1 heterocycles. The minimum atomic E-state index is -0.421. The number of likely N-dealkylation sites (tertiary alicyclic amines) is 1. The van der Waals surface area contributed by atoms with Crippen LogP contribution in [0.1, 0.15) is 12.0 Å². The van der Waals surface area contributed by atoms with Gasteiger partial charge in [0.15, 0.2) is 0 Å². The average molecular weight is 361 g/mol. The van der Waals surface area contributed by atoms with Crippen LogP contribution in [0.2, 0.25) is 5.02 Å². The van der Waals surface area contributed by atoms with Crippen molar-refractivity contribution < 1.29 is 14.0 Å². The molecule has 1 fully saturated rings. The molecule has 1 atom stereocenters. The SMILES string of the molecule is O=C(Nc1cccc(F)c1)C1CC(=O)N(CCc2cccc(Cl)c2)C1. The monoisotopic (exact) mass is 360 g/mol. The summed E-state index contributed by atoms with van der Waals surface area (Å²) in [4.78, 5) is 26.1.